The van der Waals surface area contributed by atoms with Gasteiger partial charge in [0.1, 0.15) is 10.3 Å². The molecule has 2 aromatic heterocycles. The molecule has 1 N–H and O–H groups in total. The first-order valence-electron chi connectivity index (χ1n) is 6.32. The Kier molecular flexibility index (Phi) is 3.39. The van der Waals surface area contributed by atoms with Gasteiger partial charge in [0.2, 0.25) is 0 Å². The number of aromatic amines is 1. The predicted molar refractivity (Wildman–Crippen MR) is 82.8 cm³/mol. The molecular weight excluding hydrogens is 266 g/mol. The molecule has 0 atom stereocenters. The average molecular weight is 279 g/mol. The highest BCUT2D eigenvalue weighted by molar-refractivity contribution is 7.71. The fourth-order valence-electron chi connectivity index (χ4n) is 2.02. The number of rotatable bonds is 2. The molecule has 0 aliphatic carbocycles. The molecule has 20 heavy (non-hydrogen) atoms. The van der Waals surface area contributed by atoms with Crippen molar-refractivity contribution in [2.75, 3.05) is 0 Å². The van der Waals surface area contributed by atoms with Gasteiger partial charge in [-0.05, 0) is 36.2 Å². The van der Waals surface area contributed by atoms with Crippen molar-refractivity contribution in [3.63, 3.8) is 0 Å². The molecule has 2 heterocycles. The fraction of sp³-hybridized carbons (Fsp3) is 0.0625. The number of benzene rings is 1. The van der Waals surface area contributed by atoms with Crippen molar-refractivity contribution in [3.8, 4) is 22.8 Å². The number of pyridine rings is 1. The summed E-state index contributed by atoms with van der Waals surface area (Å²) in [5.41, 5.74) is 3.97. The highest BCUT2D eigenvalue weighted by Gasteiger charge is 2.05. The Labute approximate surface area is 122 Å². The molecule has 0 aliphatic rings. The minimum atomic E-state index is 0.556. The third-order valence-corrected chi connectivity index (χ3v) is 3.19. The van der Waals surface area contributed by atoms with Gasteiger partial charge in [0, 0.05) is 11.9 Å². The van der Waals surface area contributed by atoms with Crippen LogP contribution in [0.4, 0.5) is 0 Å². The maximum atomic E-state index is 5.26. The normalized spacial score (nSPS) is 10.4. The molecule has 3 rings (SSSR count). The van der Waals surface area contributed by atoms with Gasteiger partial charge in [-0.2, -0.15) is 0 Å². The number of H-pyrrole nitrogens is 1. The Hall–Kier alpha value is -2.33. The van der Waals surface area contributed by atoms with Crippen LogP contribution >= 0.6 is 12.2 Å². The smallest absolute Gasteiger partial charge is 0.158 e. The van der Waals surface area contributed by atoms with E-state index in [1.807, 2.05) is 55.5 Å². The minimum Gasteiger partial charge on any atom is -0.338 e. The lowest BCUT2D eigenvalue weighted by Gasteiger charge is -2.06. The molecule has 0 bridgehead atoms. The van der Waals surface area contributed by atoms with E-state index in [0.29, 0.717) is 10.5 Å². The maximum absolute atomic E-state index is 5.26. The second kappa shape index (κ2) is 5.35. The van der Waals surface area contributed by atoms with Crippen molar-refractivity contribution in [1.29, 1.82) is 0 Å². The van der Waals surface area contributed by atoms with E-state index in [-0.39, 0.29) is 0 Å². The Balaban J connectivity index is 2.15. The van der Waals surface area contributed by atoms with E-state index in [2.05, 4.69) is 15.0 Å². The van der Waals surface area contributed by atoms with Crippen LogP contribution < -0.4 is 0 Å². The van der Waals surface area contributed by atoms with Crippen LogP contribution in [0.2, 0.25) is 0 Å². The number of aromatic nitrogens is 3. The zero-order chi connectivity index (χ0) is 13.9. The van der Waals surface area contributed by atoms with Crippen molar-refractivity contribution in [2.45, 2.75) is 6.92 Å². The standard InChI is InChI=1S/C16H13N3S/c1-11-7-8-17-14(9-11)16-18-13(10-15(20)19-16)12-5-3-2-4-6-12/h2-10H,1H3,(H,18,19,20). The molecular formula is C16H13N3S. The van der Waals surface area contributed by atoms with Crippen LogP contribution in [0, 0.1) is 11.6 Å². The topological polar surface area (TPSA) is 41.6 Å². The van der Waals surface area contributed by atoms with E-state index < -0.39 is 0 Å². The summed E-state index contributed by atoms with van der Waals surface area (Å²) in [7, 11) is 0. The molecule has 0 aliphatic heterocycles. The molecule has 0 saturated carbocycles. The Morgan fingerprint density at radius 3 is 2.60 bits per heavy atom. The lowest BCUT2D eigenvalue weighted by molar-refractivity contribution is 1.12. The summed E-state index contributed by atoms with van der Waals surface area (Å²) in [6.07, 6.45) is 1.78. The zero-order valence-corrected chi connectivity index (χ0v) is 11.8. The van der Waals surface area contributed by atoms with Gasteiger partial charge in [-0.1, -0.05) is 42.5 Å². The Bertz CT molecular complexity index is 794. The second-order valence-electron chi connectivity index (χ2n) is 4.57. The molecule has 1 aromatic carbocycles. The van der Waals surface area contributed by atoms with Crippen LogP contribution in [-0.4, -0.2) is 15.0 Å². The van der Waals surface area contributed by atoms with Gasteiger partial charge in [-0.3, -0.25) is 4.98 Å². The number of aryl methyl sites for hydroxylation is 1. The second-order valence-corrected chi connectivity index (χ2v) is 4.98. The van der Waals surface area contributed by atoms with Crippen molar-refractivity contribution in [3.05, 3.63) is 64.9 Å². The third kappa shape index (κ3) is 2.65. The van der Waals surface area contributed by atoms with Crippen molar-refractivity contribution < 1.29 is 0 Å². The van der Waals surface area contributed by atoms with Crippen molar-refractivity contribution in [2.24, 2.45) is 0 Å². The maximum Gasteiger partial charge on any atom is 0.158 e. The molecule has 4 heteroatoms. The van der Waals surface area contributed by atoms with Crippen LogP contribution in [-0.2, 0) is 0 Å². The predicted octanol–water partition coefficient (Wildman–Crippen LogP) is 4.18. The van der Waals surface area contributed by atoms with E-state index in [4.69, 9.17) is 12.2 Å². The van der Waals surface area contributed by atoms with Crippen LogP contribution in [0.1, 0.15) is 5.56 Å². The first-order chi connectivity index (χ1) is 9.72. The first kappa shape index (κ1) is 12.7. The van der Waals surface area contributed by atoms with Crippen molar-refractivity contribution in [1.82, 2.24) is 15.0 Å². The molecule has 0 fully saturated rings. The molecule has 0 amide bonds. The van der Waals surface area contributed by atoms with E-state index in [1.54, 1.807) is 6.20 Å². The van der Waals surface area contributed by atoms with E-state index >= 15 is 0 Å². The van der Waals surface area contributed by atoms with E-state index in [0.717, 1.165) is 22.5 Å². The number of hydrogen-bond acceptors (Lipinski definition) is 3. The van der Waals surface area contributed by atoms with Gasteiger partial charge in [0.25, 0.3) is 0 Å². The zero-order valence-electron chi connectivity index (χ0n) is 11.0. The van der Waals surface area contributed by atoms with Crippen LogP contribution in [0.5, 0.6) is 0 Å². The summed E-state index contributed by atoms with van der Waals surface area (Å²) < 4.78 is 0.556. The van der Waals surface area contributed by atoms with Crippen molar-refractivity contribution >= 4 is 12.2 Å². The summed E-state index contributed by atoms with van der Waals surface area (Å²) >= 11 is 5.26. The van der Waals surface area contributed by atoms with E-state index in [1.165, 1.54) is 0 Å². The van der Waals surface area contributed by atoms with Gasteiger partial charge in [0.15, 0.2) is 5.82 Å². The minimum absolute atomic E-state index is 0.556. The molecule has 0 unspecified atom stereocenters. The van der Waals surface area contributed by atoms with Crippen LogP contribution in [0.15, 0.2) is 54.7 Å². The summed E-state index contributed by atoms with van der Waals surface area (Å²) in [6.45, 7) is 2.03. The SMILES string of the molecule is Cc1ccnc(-c2nc(=S)cc(-c3ccccc3)[nH]2)c1. The Morgan fingerprint density at radius 1 is 1.05 bits per heavy atom. The number of nitrogens with one attached hydrogen (secondary N) is 1. The quantitative estimate of drug-likeness (QED) is 0.716. The number of hydrogen-bond donors (Lipinski definition) is 1. The first-order valence-corrected chi connectivity index (χ1v) is 6.73. The summed E-state index contributed by atoms with van der Waals surface area (Å²) in [6, 6.07) is 15.9. The van der Waals surface area contributed by atoms with E-state index in [9.17, 15) is 0 Å². The largest absolute Gasteiger partial charge is 0.338 e. The molecule has 3 nitrogen and oxygen atoms in total. The van der Waals surface area contributed by atoms with Gasteiger partial charge < -0.3 is 4.98 Å². The Morgan fingerprint density at radius 2 is 1.85 bits per heavy atom. The lowest BCUT2D eigenvalue weighted by Crippen LogP contribution is -1.95. The monoisotopic (exact) mass is 279 g/mol. The molecule has 3 aromatic rings. The molecule has 0 saturated heterocycles. The highest BCUT2D eigenvalue weighted by Crippen LogP contribution is 2.20. The third-order valence-electron chi connectivity index (χ3n) is 2.99. The molecule has 98 valence electrons. The summed E-state index contributed by atoms with van der Waals surface area (Å²) in [5.74, 6) is 0.694. The van der Waals surface area contributed by atoms with Gasteiger partial charge in [-0.15, -0.1) is 0 Å². The van der Waals surface area contributed by atoms with Gasteiger partial charge in [-0.25, -0.2) is 4.98 Å². The average Bonchev–Trinajstić information content (AvgIpc) is 2.47. The molecule has 0 spiro atoms. The van der Waals surface area contributed by atoms with Gasteiger partial charge >= 0.3 is 0 Å². The lowest BCUT2D eigenvalue weighted by atomic mass is 10.1. The highest BCUT2D eigenvalue weighted by atomic mass is 32.1. The summed E-state index contributed by atoms with van der Waals surface area (Å²) in [5, 5.41) is 0. The number of nitrogens with zero attached hydrogens (tertiary/aromatic N) is 2. The van der Waals surface area contributed by atoms with Crippen LogP contribution in [0.3, 0.4) is 0 Å². The van der Waals surface area contributed by atoms with Gasteiger partial charge in [0.05, 0.1) is 0 Å². The van der Waals surface area contributed by atoms with Crippen LogP contribution in [0.25, 0.3) is 22.8 Å². The fourth-order valence-corrected chi connectivity index (χ4v) is 2.23. The molecule has 0 radical (unpaired) electrons. The summed E-state index contributed by atoms with van der Waals surface area (Å²) in [4.78, 5) is 12.0.